The third kappa shape index (κ3) is 3.00. The zero-order valence-electron chi connectivity index (χ0n) is 14.2. The summed E-state index contributed by atoms with van der Waals surface area (Å²) in [6, 6.07) is 6.54. The van der Waals surface area contributed by atoms with Gasteiger partial charge in [-0.05, 0) is 45.7 Å². The number of benzene rings is 1. The highest BCUT2D eigenvalue weighted by atomic mass is 16.6. The van der Waals surface area contributed by atoms with Crippen LogP contribution in [0, 0.1) is 0 Å². The van der Waals surface area contributed by atoms with Crippen LogP contribution < -0.4 is 0 Å². The van der Waals surface area contributed by atoms with Crippen LogP contribution in [0.2, 0.25) is 0 Å². The molecule has 24 heavy (non-hydrogen) atoms. The topological polar surface area (TPSA) is 66.9 Å². The van der Waals surface area contributed by atoms with Crippen molar-refractivity contribution in [2.45, 2.75) is 45.3 Å². The van der Waals surface area contributed by atoms with Crippen molar-refractivity contribution in [3.63, 3.8) is 0 Å². The van der Waals surface area contributed by atoms with E-state index in [1.165, 1.54) is 4.90 Å². The number of imide groups is 1. The molecule has 6 nitrogen and oxygen atoms in total. The summed E-state index contributed by atoms with van der Waals surface area (Å²) >= 11 is 0. The molecule has 0 unspecified atom stereocenters. The van der Waals surface area contributed by atoms with Crippen molar-refractivity contribution in [1.29, 1.82) is 0 Å². The first-order chi connectivity index (χ1) is 11.3. The first kappa shape index (κ1) is 16.5. The van der Waals surface area contributed by atoms with Gasteiger partial charge < -0.3 is 9.64 Å². The molecule has 6 heteroatoms. The first-order valence-corrected chi connectivity index (χ1v) is 8.23. The molecule has 3 amide bonds. The number of nitrogens with zero attached hydrogens (tertiary/aromatic N) is 2. The third-order valence-electron chi connectivity index (χ3n) is 4.24. The third-order valence-corrected chi connectivity index (χ3v) is 4.24. The summed E-state index contributed by atoms with van der Waals surface area (Å²) < 4.78 is 5.40. The summed E-state index contributed by atoms with van der Waals surface area (Å²) in [6.07, 6.45) is 1.03. The maximum atomic E-state index is 12.6. The van der Waals surface area contributed by atoms with Gasteiger partial charge in [0.15, 0.2) is 0 Å². The molecule has 0 radical (unpaired) electrons. The summed E-state index contributed by atoms with van der Waals surface area (Å²) in [5, 5.41) is 0. The summed E-state index contributed by atoms with van der Waals surface area (Å²) in [6.45, 7) is 6.35. The van der Waals surface area contributed by atoms with Gasteiger partial charge >= 0.3 is 6.09 Å². The van der Waals surface area contributed by atoms with Gasteiger partial charge in [0.1, 0.15) is 5.60 Å². The molecule has 0 spiro atoms. The van der Waals surface area contributed by atoms with Gasteiger partial charge in [0.05, 0.1) is 17.2 Å². The van der Waals surface area contributed by atoms with Crippen LogP contribution in [-0.4, -0.2) is 52.4 Å². The Balaban J connectivity index is 1.75. The van der Waals surface area contributed by atoms with Gasteiger partial charge in [-0.2, -0.15) is 0 Å². The number of hydrogen-bond acceptors (Lipinski definition) is 4. The number of carbonyl (C=O) groups excluding carboxylic acids is 3. The standard InChI is InChI=1S/C18H22N2O4/c1-18(2,3)24-17(23)19-10-6-7-12(11-19)20-15(21)13-8-4-5-9-14(13)16(20)22/h4-5,8-9,12H,6-7,10-11H2,1-3H3/t12-/m1/s1. The summed E-state index contributed by atoms with van der Waals surface area (Å²) in [5.74, 6) is -0.543. The van der Waals surface area contributed by atoms with E-state index in [0.29, 0.717) is 30.6 Å². The summed E-state index contributed by atoms with van der Waals surface area (Å²) in [7, 11) is 0. The van der Waals surface area contributed by atoms with Crippen LogP contribution in [0.4, 0.5) is 4.79 Å². The molecule has 0 aliphatic carbocycles. The molecular formula is C18H22N2O4. The molecule has 0 saturated carbocycles. The lowest BCUT2D eigenvalue weighted by Gasteiger charge is -2.37. The molecule has 1 aromatic rings. The average molecular weight is 330 g/mol. The fourth-order valence-corrected chi connectivity index (χ4v) is 3.20. The van der Waals surface area contributed by atoms with Gasteiger partial charge in [-0.15, -0.1) is 0 Å². The molecule has 0 bridgehead atoms. The van der Waals surface area contributed by atoms with Crippen molar-refractivity contribution in [2.24, 2.45) is 0 Å². The lowest BCUT2D eigenvalue weighted by molar-refractivity contribution is 0.0110. The normalized spacial score (nSPS) is 21.0. The molecule has 2 heterocycles. The molecule has 2 aliphatic heterocycles. The van der Waals surface area contributed by atoms with Crippen molar-refractivity contribution >= 4 is 17.9 Å². The average Bonchev–Trinajstić information content (AvgIpc) is 2.78. The van der Waals surface area contributed by atoms with Crippen LogP contribution in [0.3, 0.4) is 0 Å². The Labute approximate surface area is 141 Å². The van der Waals surface area contributed by atoms with E-state index < -0.39 is 11.7 Å². The van der Waals surface area contributed by atoms with Gasteiger partial charge in [0.2, 0.25) is 0 Å². The minimum atomic E-state index is -0.570. The Hall–Kier alpha value is -2.37. The highest BCUT2D eigenvalue weighted by molar-refractivity contribution is 6.21. The highest BCUT2D eigenvalue weighted by Crippen LogP contribution is 2.28. The molecule has 0 N–H and O–H groups in total. The van der Waals surface area contributed by atoms with Gasteiger partial charge in [-0.1, -0.05) is 12.1 Å². The lowest BCUT2D eigenvalue weighted by Crippen LogP contribution is -2.52. The second-order valence-corrected chi connectivity index (χ2v) is 7.25. The number of carbonyl (C=O) groups is 3. The van der Waals surface area contributed by atoms with E-state index in [-0.39, 0.29) is 17.9 Å². The number of amides is 3. The second kappa shape index (κ2) is 5.92. The predicted octanol–water partition coefficient (Wildman–Crippen LogP) is 2.68. The zero-order chi connectivity index (χ0) is 17.5. The Morgan fingerprint density at radius 1 is 1.12 bits per heavy atom. The van der Waals surface area contributed by atoms with Gasteiger partial charge in [0.25, 0.3) is 11.8 Å². The molecular weight excluding hydrogens is 308 g/mol. The maximum absolute atomic E-state index is 12.6. The lowest BCUT2D eigenvalue weighted by atomic mass is 10.0. The van der Waals surface area contributed by atoms with E-state index in [9.17, 15) is 14.4 Å². The Morgan fingerprint density at radius 3 is 2.25 bits per heavy atom. The quantitative estimate of drug-likeness (QED) is 0.743. The van der Waals surface area contributed by atoms with Crippen LogP contribution in [0.1, 0.15) is 54.3 Å². The molecule has 2 aliphatic rings. The Kier molecular flexibility index (Phi) is 4.07. The number of piperidine rings is 1. The van der Waals surface area contributed by atoms with Crippen LogP contribution in [0.25, 0.3) is 0 Å². The number of hydrogen-bond donors (Lipinski definition) is 0. The van der Waals surface area contributed by atoms with Crippen molar-refractivity contribution in [3.05, 3.63) is 35.4 Å². The van der Waals surface area contributed by atoms with Crippen LogP contribution >= 0.6 is 0 Å². The molecule has 1 atom stereocenters. The first-order valence-electron chi connectivity index (χ1n) is 8.23. The van der Waals surface area contributed by atoms with Crippen LogP contribution in [0.15, 0.2) is 24.3 Å². The number of likely N-dealkylation sites (tertiary alicyclic amines) is 1. The maximum Gasteiger partial charge on any atom is 0.410 e. The van der Waals surface area contributed by atoms with E-state index in [0.717, 1.165) is 6.42 Å². The zero-order valence-corrected chi connectivity index (χ0v) is 14.2. The van der Waals surface area contributed by atoms with E-state index in [4.69, 9.17) is 4.74 Å². The number of fused-ring (bicyclic) bond motifs is 1. The second-order valence-electron chi connectivity index (χ2n) is 7.25. The van der Waals surface area contributed by atoms with Crippen LogP contribution in [-0.2, 0) is 4.74 Å². The van der Waals surface area contributed by atoms with Gasteiger partial charge in [-0.25, -0.2) is 4.79 Å². The summed E-state index contributed by atoms with van der Waals surface area (Å²) in [4.78, 5) is 40.3. The fraction of sp³-hybridized carbons (Fsp3) is 0.500. The number of ether oxygens (including phenoxy) is 1. The molecule has 3 rings (SSSR count). The molecule has 0 aromatic heterocycles. The minimum Gasteiger partial charge on any atom is -0.444 e. The Morgan fingerprint density at radius 2 is 1.71 bits per heavy atom. The van der Waals surface area contributed by atoms with Crippen LogP contribution in [0.5, 0.6) is 0 Å². The molecule has 1 saturated heterocycles. The summed E-state index contributed by atoms with van der Waals surface area (Å²) in [5.41, 5.74) is 0.313. The van der Waals surface area contributed by atoms with E-state index in [1.54, 1.807) is 29.2 Å². The fourth-order valence-electron chi connectivity index (χ4n) is 3.20. The number of rotatable bonds is 1. The molecule has 128 valence electrons. The molecule has 1 aromatic carbocycles. The highest BCUT2D eigenvalue weighted by Gasteiger charge is 2.42. The SMILES string of the molecule is CC(C)(C)OC(=O)N1CCC[C@@H](N2C(=O)c3ccccc3C2=O)C1. The monoisotopic (exact) mass is 330 g/mol. The minimum absolute atomic E-state index is 0.272. The van der Waals surface area contributed by atoms with Crippen molar-refractivity contribution < 1.29 is 19.1 Å². The van der Waals surface area contributed by atoms with Crippen molar-refractivity contribution in [3.8, 4) is 0 Å². The van der Waals surface area contributed by atoms with Crippen molar-refractivity contribution in [2.75, 3.05) is 13.1 Å². The van der Waals surface area contributed by atoms with Gasteiger partial charge in [0, 0.05) is 13.1 Å². The van der Waals surface area contributed by atoms with E-state index >= 15 is 0 Å². The van der Waals surface area contributed by atoms with E-state index in [1.807, 2.05) is 20.8 Å². The van der Waals surface area contributed by atoms with E-state index in [2.05, 4.69) is 0 Å². The smallest absolute Gasteiger partial charge is 0.410 e. The molecule has 1 fully saturated rings. The largest absolute Gasteiger partial charge is 0.444 e. The van der Waals surface area contributed by atoms with Gasteiger partial charge in [-0.3, -0.25) is 14.5 Å². The Bertz CT molecular complexity index is 658. The van der Waals surface area contributed by atoms with Crippen molar-refractivity contribution in [1.82, 2.24) is 9.80 Å². The predicted molar refractivity (Wildman–Crippen MR) is 87.8 cm³/mol.